The van der Waals surface area contributed by atoms with E-state index in [9.17, 15) is 20.4 Å². The Morgan fingerprint density at radius 3 is 2.62 bits per heavy atom. The summed E-state index contributed by atoms with van der Waals surface area (Å²) in [5.41, 5.74) is 0.819. The largest absolute Gasteiger partial charge is 0.493 e. The molecule has 0 bridgehead atoms. The van der Waals surface area contributed by atoms with E-state index in [4.69, 9.17) is 18.9 Å². The number of hydrogen-bond donors (Lipinski definition) is 4. The molecule has 1 aromatic carbocycles. The van der Waals surface area contributed by atoms with Crippen molar-refractivity contribution in [3.63, 3.8) is 0 Å². The number of rotatable bonds is 4. The number of ether oxygens (including phenoxy) is 4. The van der Waals surface area contributed by atoms with E-state index in [2.05, 4.69) is 0 Å². The maximum Gasteiger partial charge on any atom is 0.229 e. The first-order valence-corrected chi connectivity index (χ1v) is 7.53. The van der Waals surface area contributed by atoms with E-state index in [-0.39, 0.29) is 5.75 Å². The van der Waals surface area contributed by atoms with Crippen molar-refractivity contribution in [2.45, 2.75) is 30.7 Å². The zero-order chi connectivity index (χ0) is 17.3. The molecule has 0 aliphatic carbocycles. The summed E-state index contributed by atoms with van der Waals surface area (Å²) in [4.78, 5) is 0. The maximum absolute atomic E-state index is 10.1. The molecule has 5 atom stereocenters. The summed E-state index contributed by atoms with van der Waals surface area (Å²) >= 11 is 0. The van der Waals surface area contributed by atoms with E-state index >= 15 is 0 Å². The lowest BCUT2D eigenvalue weighted by Crippen LogP contribution is -2.60. The first-order valence-electron chi connectivity index (χ1n) is 7.53. The Morgan fingerprint density at radius 1 is 1.12 bits per heavy atom. The highest BCUT2D eigenvalue weighted by Gasteiger charge is 2.45. The number of hydrogen-bond acceptors (Lipinski definition) is 8. The van der Waals surface area contributed by atoms with Crippen LogP contribution < -0.4 is 14.2 Å². The number of methoxy groups -OCH3 is 1. The van der Waals surface area contributed by atoms with Crippen LogP contribution in [-0.2, 0) is 4.74 Å². The lowest BCUT2D eigenvalue weighted by atomic mass is 9.99. The monoisotopic (exact) mass is 340 g/mol. The van der Waals surface area contributed by atoms with Gasteiger partial charge in [-0.2, -0.15) is 0 Å². The van der Waals surface area contributed by atoms with Crippen molar-refractivity contribution in [1.82, 2.24) is 0 Å². The molecule has 1 aromatic rings. The highest BCUT2D eigenvalue weighted by Crippen LogP contribution is 2.38. The molecule has 0 amide bonds. The second-order valence-electron chi connectivity index (χ2n) is 5.57. The fourth-order valence-electron chi connectivity index (χ4n) is 2.67. The van der Waals surface area contributed by atoms with Crippen molar-refractivity contribution in [2.24, 2.45) is 0 Å². The third kappa shape index (κ3) is 3.06. The minimum absolute atomic E-state index is 0.246. The molecule has 0 radical (unpaired) electrons. The maximum atomic E-state index is 10.1. The molecule has 0 unspecified atom stereocenters. The molecule has 132 valence electrons. The molecule has 0 saturated carbocycles. The molecule has 0 spiro atoms. The third-order valence-electron chi connectivity index (χ3n) is 4.02. The summed E-state index contributed by atoms with van der Waals surface area (Å²) in [6, 6.07) is 3.31. The number of aliphatic hydroxyl groups excluding tert-OH is 4. The van der Waals surface area contributed by atoms with Gasteiger partial charge in [0.1, 0.15) is 36.8 Å². The van der Waals surface area contributed by atoms with Crippen LogP contribution in [0.2, 0.25) is 0 Å². The minimum atomic E-state index is -1.51. The summed E-state index contributed by atoms with van der Waals surface area (Å²) in [5.74, 6) is 1.22. The summed E-state index contributed by atoms with van der Waals surface area (Å²) in [5, 5.41) is 38.9. The van der Waals surface area contributed by atoms with Gasteiger partial charge in [-0.05, 0) is 12.1 Å². The molecular weight excluding hydrogens is 320 g/mol. The standard InChI is InChI=1S/C16H20O8/c1-21-10-5-8-3-2-4-22-9(8)6-11(10)23-16-15(20)14(19)13(18)12(7-17)24-16/h2-3,5-6,12-20H,4,7H2,1H3/t12-,13-,14+,15-,16-/m1/s1. The Balaban J connectivity index is 1.86. The first kappa shape index (κ1) is 17.0. The molecule has 1 fully saturated rings. The summed E-state index contributed by atoms with van der Waals surface area (Å²) in [7, 11) is 1.47. The van der Waals surface area contributed by atoms with E-state index in [1.165, 1.54) is 7.11 Å². The Bertz CT molecular complexity index is 614. The van der Waals surface area contributed by atoms with Crippen LogP contribution >= 0.6 is 0 Å². The van der Waals surface area contributed by atoms with E-state index in [0.717, 1.165) is 5.56 Å². The van der Waals surface area contributed by atoms with Gasteiger partial charge in [-0.15, -0.1) is 0 Å². The van der Waals surface area contributed by atoms with Crippen LogP contribution in [-0.4, -0.2) is 71.5 Å². The zero-order valence-corrected chi connectivity index (χ0v) is 13.0. The molecule has 2 heterocycles. The topological polar surface area (TPSA) is 118 Å². The van der Waals surface area contributed by atoms with Gasteiger partial charge in [0.05, 0.1) is 13.7 Å². The van der Waals surface area contributed by atoms with E-state index in [1.807, 2.05) is 12.2 Å². The number of aliphatic hydroxyl groups is 4. The molecule has 3 rings (SSSR count). The van der Waals surface area contributed by atoms with Crippen molar-refractivity contribution in [1.29, 1.82) is 0 Å². The van der Waals surface area contributed by atoms with Gasteiger partial charge in [0.15, 0.2) is 11.5 Å². The van der Waals surface area contributed by atoms with E-state index in [1.54, 1.807) is 12.1 Å². The smallest absolute Gasteiger partial charge is 0.229 e. The van der Waals surface area contributed by atoms with Crippen molar-refractivity contribution >= 4 is 6.08 Å². The van der Waals surface area contributed by atoms with Gasteiger partial charge >= 0.3 is 0 Å². The summed E-state index contributed by atoms with van der Waals surface area (Å²) < 4.78 is 21.7. The average molecular weight is 340 g/mol. The van der Waals surface area contributed by atoms with Gasteiger partial charge in [0.2, 0.25) is 6.29 Å². The Kier molecular flexibility index (Phi) is 4.93. The van der Waals surface area contributed by atoms with Crippen LogP contribution in [0.4, 0.5) is 0 Å². The zero-order valence-electron chi connectivity index (χ0n) is 13.0. The van der Waals surface area contributed by atoms with E-state index < -0.39 is 37.3 Å². The molecule has 8 nitrogen and oxygen atoms in total. The van der Waals surface area contributed by atoms with Crippen LogP contribution in [0.3, 0.4) is 0 Å². The lowest BCUT2D eigenvalue weighted by molar-refractivity contribution is -0.277. The number of benzene rings is 1. The molecule has 0 aromatic heterocycles. The van der Waals surface area contributed by atoms with Gasteiger partial charge in [-0.1, -0.05) is 6.08 Å². The molecule has 4 N–H and O–H groups in total. The predicted molar refractivity (Wildman–Crippen MR) is 81.9 cm³/mol. The van der Waals surface area contributed by atoms with Gasteiger partial charge in [-0.3, -0.25) is 0 Å². The Morgan fingerprint density at radius 2 is 1.92 bits per heavy atom. The van der Waals surface area contributed by atoms with Crippen LogP contribution in [0.5, 0.6) is 17.2 Å². The SMILES string of the molecule is COc1cc2c(cc1O[C@@H]1O[C@H](CO)[C@@H](O)[C@H](O)[C@H]1O)OCC=C2. The second kappa shape index (κ2) is 6.96. The van der Waals surface area contributed by atoms with Crippen molar-refractivity contribution in [3.8, 4) is 17.2 Å². The van der Waals surface area contributed by atoms with Gasteiger partial charge in [0, 0.05) is 11.6 Å². The van der Waals surface area contributed by atoms with Crippen molar-refractivity contribution in [2.75, 3.05) is 20.3 Å². The predicted octanol–water partition coefficient (Wildman–Crippen LogP) is -0.721. The molecule has 8 heteroatoms. The highest BCUT2D eigenvalue weighted by molar-refractivity contribution is 5.64. The van der Waals surface area contributed by atoms with Crippen LogP contribution in [0.15, 0.2) is 18.2 Å². The van der Waals surface area contributed by atoms with Crippen molar-refractivity contribution < 1.29 is 39.4 Å². The molecule has 2 aliphatic rings. The first-order chi connectivity index (χ1) is 11.5. The third-order valence-corrected chi connectivity index (χ3v) is 4.02. The fraction of sp³-hybridized carbons (Fsp3) is 0.500. The lowest BCUT2D eigenvalue weighted by Gasteiger charge is -2.39. The Hall–Kier alpha value is -1.84. The summed E-state index contributed by atoms with van der Waals surface area (Å²) in [6.07, 6.45) is -3.03. The number of fused-ring (bicyclic) bond motifs is 1. The molecular formula is C16H20O8. The normalized spacial score (nSPS) is 32.0. The van der Waals surface area contributed by atoms with Gasteiger partial charge < -0.3 is 39.4 Å². The molecule has 24 heavy (non-hydrogen) atoms. The Labute approximate surface area is 138 Å². The van der Waals surface area contributed by atoms with Gasteiger partial charge in [0.25, 0.3) is 0 Å². The second-order valence-corrected chi connectivity index (χ2v) is 5.57. The summed E-state index contributed by atoms with van der Waals surface area (Å²) in [6.45, 7) is -0.0984. The van der Waals surface area contributed by atoms with Crippen LogP contribution in [0, 0.1) is 0 Å². The average Bonchev–Trinajstić information content (AvgIpc) is 2.61. The highest BCUT2D eigenvalue weighted by atomic mass is 16.7. The van der Waals surface area contributed by atoms with Crippen molar-refractivity contribution in [3.05, 3.63) is 23.8 Å². The van der Waals surface area contributed by atoms with Crippen LogP contribution in [0.25, 0.3) is 6.08 Å². The van der Waals surface area contributed by atoms with Gasteiger partial charge in [-0.25, -0.2) is 0 Å². The van der Waals surface area contributed by atoms with E-state index in [0.29, 0.717) is 18.1 Å². The molecule has 1 saturated heterocycles. The van der Waals surface area contributed by atoms with Crippen LogP contribution in [0.1, 0.15) is 5.56 Å². The molecule has 2 aliphatic heterocycles. The quantitative estimate of drug-likeness (QED) is 0.567. The fourth-order valence-corrected chi connectivity index (χ4v) is 2.67. The minimum Gasteiger partial charge on any atom is -0.493 e.